The maximum absolute atomic E-state index is 13.1. The molecule has 1 atom stereocenters. The van der Waals surface area contributed by atoms with E-state index in [4.69, 9.17) is 14.5 Å². The lowest BCUT2D eigenvalue weighted by Gasteiger charge is -2.34. The molecule has 0 radical (unpaired) electrons. The Kier molecular flexibility index (Phi) is 7.79. The zero-order valence-electron chi connectivity index (χ0n) is 21.8. The van der Waals surface area contributed by atoms with Crippen LogP contribution in [0.4, 0.5) is 10.5 Å². The van der Waals surface area contributed by atoms with Gasteiger partial charge in [0.15, 0.2) is 0 Å². The second-order valence-corrected chi connectivity index (χ2v) is 10.1. The number of hydrogen-bond acceptors (Lipinski definition) is 6. The van der Waals surface area contributed by atoms with Crippen LogP contribution in [0.25, 0.3) is 11.0 Å². The minimum atomic E-state index is -0.357. The fraction of sp³-hybridized carbons (Fsp3) is 0.536. The van der Waals surface area contributed by atoms with Gasteiger partial charge in [-0.15, -0.1) is 0 Å². The van der Waals surface area contributed by atoms with Crippen molar-refractivity contribution >= 4 is 28.7 Å². The number of carbonyl (C=O) groups is 2. The van der Waals surface area contributed by atoms with Crippen molar-refractivity contribution in [3.63, 3.8) is 0 Å². The van der Waals surface area contributed by atoms with Crippen molar-refractivity contribution in [2.45, 2.75) is 51.6 Å². The Bertz CT molecular complexity index is 1200. The number of carbonyl (C=O) groups excluding carboxylic acids is 2. The van der Waals surface area contributed by atoms with Crippen molar-refractivity contribution in [2.75, 3.05) is 44.9 Å². The van der Waals surface area contributed by atoms with E-state index in [9.17, 15) is 9.59 Å². The second-order valence-electron chi connectivity index (χ2n) is 10.1. The minimum Gasteiger partial charge on any atom is -0.452 e. The van der Waals surface area contributed by atoms with E-state index in [0.717, 1.165) is 80.1 Å². The number of fused-ring (bicyclic) bond motifs is 3. The summed E-state index contributed by atoms with van der Waals surface area (Å²) in [6, 6.07) is 4.02. The molecule has 198 valence electrons. The summed E-state index contributed by atoms with van der Waals surface area (Å²) in [6.07, 6.45) is 12.3. The molecule has 37 heavy (non-hydrogen) atoms. The summed E-state index contributed by atoms with van der Waals surface area (Å²) in [5.74, 6) is 1.35. The van der Waals surface area contributed by atoms with Gasteiger partial charge >= 0.3 is 6.09 Å². The Morgan fingerprint density at radius 2 is 2.03 bits per heavy atom. The molecule has 1 aromatic carbocycles. The van der Waals surface area contributed by atoms with Crippen LogP contribution in [0.3, 0.4) is 0 Å². The minimum absolute atomic E-state index is 0.00428. The molecule has 0 aliphatic carbocycles. The molecular weight excluding hydrogens is 470 g/mol. The summed E-state index contributed by atoms with van der Waals surface area (Å²) in [4.78, 5) is 34.7. The SMILES string of the molecule is COC(=O)N1c2ccc3c(nc(CCN4C=CC=CC4)n3CC(=O)NCC3CCOCC3)c2CC[C@@H]1C. The first-order valence-corrected chi connectivity index (χ1v) is 13.3. The number of aromatic nitrogens is 2. The van der Waals surface area contributed by atoms with Crippen molar-refractivity contribution in [3.8, 4) is 0 Å². The van der Waals surface area contributed by atoms with Crippen molar-refractivity contribution in [1.29, 1.82) is 0 Å². The number of methoxy groups -OCH3 is 1. The Balaban J connectivity index is 1.43. The van der Waals surface area contributed by atoms with Gasteiger partial charge in [0.05, 0.1) is 23.8 Å². The molecule has 1 saturated heterocycles. The molecule has 0 unspecified atom stereocenters. The van der Waals surface area contributed by atoms with E-state index in [1.807, 2.05) is 25.1 Å². The molecule has 2 aromatic rings. The molecule has 3 aliphatic rings. The third-order valence-electron chi connectivity index (χ3n) is 7.70. The number of anilines is 1. The molecular formula is C28H37N5O4. The third kappa shape index (κ3) is 5.51. The summed E-state index contributed by atoms with van der Waals surface area (Å²) >= 11 is 0. The largest absolute Gasteiger partial charge is 0.452 e. The van der Waals surface area contributed by atoms with Crippen LogP contribution < -0.4 is 10.2 Å². The van der Waals surface area contributed by atoms with E-state index >= 15 is 0 Å². The average Bonchev–Trinajstić information content (AvgIpc) is 3.28. The third-order valence-corrected chi connectivity index (χ3v) is 7.70. The number of amides is 2. The van der Waals surface area contributed by atoms with Gasteiger partial charge in [-0.2, -0.15) is 0 Å². The van der Waals surface area contributed by atoms with Crippen LogP contribution in [0.15, 0.2) is 36.6 Å². The van der Waals surface area contributed by atoms with Gasteiger partial charge in [0.2, 0.25) is 5.91 Å². The number of benzene rings is 1. The van der Waals surface area contributed by atoms with Gasteiger partial charge in [0, 0.05) is 50.9 Å². The molecule has 0 bridgehead atoms. The zero-order valence-corrected chi connectivity index (χ0v) is 21.8. The number of imidazole rings is 1. The fourth-order valence-corrected chi connectivity index (χ4v) is 5.54. The predicted molar refractivity (Wildman–Crippen MR) is 143 cm³/mol. The molecule has 1 N–H and O–H groups in total. The van der Waals surface area contributed by atoms with E-state index in [1.165, 1.54) is 7.11 Å². The van der Waals surface area contributed by atoms with Crippen molar-refractivity contribution < 1.29 is 19.1 Å². The Labute approximate surface area is 218 Å². The maximum atomic E-state index is 13.1. The van der Waals surface area contributed by atoms with Crippen LogP contribution in [0.2, 0.25) is 0 Å². The lowest BCUT2D eigenvalue weighted by molar-refractivity contribution is -0.122. The van der Waals surface area contributed by atoms with E-state index < -0.39 is 0 Å². The highest BCUT2D eigenvalue weighted by molar-refractivity contribution is 5.95. The van der Waals surface area contributed by atoms with Crippen molar-refractivity contribution in [1.82, 2.24) is 19.8 Å². The van der Waals surface area contributed by atoms with Crippen molar-refractivity contribution in [2.24, 2.45) is 5.92 Å². The van der Waals surface area contributed by atoms with E-state index in [0.29, 0.717) is 18.9 Å². The highest BCUT2D eigenvalue weighted by Crippen LogP contribution is 2.36. The number of rotatable bonds is 7. The molecule has 1 fully saturated rings. The monoisotopic (exact) mass is 507 g/mol. The van der Waals surface area contributed by atoms with Crippen LogP contribution in [0.5, 0.6) is 0 Å². The number of allylic oxidation sites excluding steroid dienone is 2. The predicted octanol–water partition coefficient (Wildman–Crippen LogP) is 3.41. The topological polar surface area (TPSA) is 88.9 Å². The van der Waals surface area contributed by atoms with Gasteiger partial charge in [-0.05, 0) is 62.9 Å². The number of nitrogens with one attached hydrogen (secondary N) is 1. The quantitative estimate of drug-likeness (QED) is 0.618. The van der Waals surface area contributed by atoms with Crippen molar-refractivity contribution in [3.05, 3.63) is 47.9 Å². The summed E-state index contributed by atoms with van der Waals surface area (Å²) in [7, 11) is 1.41. The standard InChI is InChI=1S/C28H37N5O4/c1-20-6-7-22-23(33(20)28(35)36-2)8-9-24-27(22)30-25(10-15-31-13-4-3-5-14-31)32(24)19-26(34)29-18-21-11-16-37-17-12-21/h3-5,8-9,13,20-21H,6-7,10-12,14-19H2,1-2H3,(H,29,34)/t20-/m0/s1. The summed E-state index contributed by atoms with van der Waals surface area (Å²) in [5, 5.41) is 3.14. The maximum Gasteiger partial charge on any atom is 0.414 e. The van der Waals surface area contributed by atoms with Gasteiger partial charge in [-0.3, -0.25) is 9.69 Å². The lowest BCUT2D eigenvalue weighted by atomic mass is 9.96. The highest BCUT2D eigenvalue weighted by atomic mass is 16.5. The molecule has 0 spiro atoms. The summed E-state index contributed by atoms with van der Waals surface area (Å²) < 4.78 is 12.6. The fourth-order valence-electron chi connectivity index (χ4n) is 5.54. The van der Waals surface area contributed by atoms with Crippen LogP contribution in [0, 0.1) is 5.92 Å². The van der Waals surface area contributed by atoms with Crippen LogP contribution in [-0.2, 0) is 33.7 Å². The molecule has 4 heterocycles. The molecule has 1 aromatic heterocycles. The van der Waals surface area contributed by atoms with Gasteiger partial charge < -0.3 is 24.3 Å². The van der Waals surface area contributed by atoms with E-state index in [-0.39, 0.29) is 24.6 Å². The number of nitrogens with zero attached hydrogens (tertiary/aromatic N) is 4. The van der Waals surface area contributed by atoms with Crippen LogP contribution in [-0.4, -0.2) is 72.5 Å². The molecule has 9 heteroatoms. The molecule has 5 rings (SSSR count). The lowest BCUT2D eigenvalue weighted by Crippen LogP contribution is -2.42. The van der Waals surface area contributed by atoms with E-state index in [1.54, 1.807) is 4.90 Å². The Morgan fingerprint density at radius 3 is 2.78 bits per heavy atom. The van der Waals surface area contributed by atoms with Gasteiger partial charge in [0.1, 0.15) is 12.4 Å². The summed E-state index contributed by atoms with van der Waals surface area (Å²) in [6.45, 7) is 6.15. The van der Waals surface area contributed by atoms with Gasteiger partial charge in [-0.1, -0.05) is 12.2 Å². The Morgan fingerprint density at radius 1 is 1.19 bits per heavy atom. The second kappa shape index (κ2) is 11.4. The Hall–Kier alpha value is -3.33. The average molecular weight is 508 g/mol. The zero-order chi connectivity index (χ0) is 25.8. The van der Waals surface area contributed by atoms with Crippen LogP contribution >= 0.6 is 0 Å². The molecule has 3 aliphatic heterocycles. The smallest absolute Gasteiger partial charge is 0.414 e. The number of ether oxygens (including phenoxy) is 2. The van der Waals surface area contributed by atoms with Gasteiger partial charge in [0.25, 0.3) is 0 Å². The number of aryl methyl sites for hydroxylation is 1. The highest BCUT2D eigenvalue weighted by Gasteiger charge is 2.31. The molecule has 0 saturated carbocycles. The first-order chi connectivity index (χ1) is 18.0. The van der Waals surface area contributed by atoms with Crippen LogP contribution in [0.1, 0.15) is 37.6 Å². The first-order valence-electron chi connectivity index (χ1n) is 13.3. The molecule has 2 amide bonds. The summed E-state index contributed by atoms with van der Waals surface area (Å²) in [5.41, 5.74) is 3.70. The van der Waals surface area contributed by atoms with E-state index in [2.05, 4.69) is 33.1 Å². The van der Waals surface area contributed by atoms with Gasteiger partial charge in [-0.25, -0.2) is 9.78 Å². The normalized spacial score (nSPS) is 19.8. The molecule has 9 nitrogen and oxygen atoms in total. The number of hydrogen-bond donors (Lipinski definition) is 1. The first kappa shape index (κ1) is 25.3.